The number of aromatic nitrogens is 3. The molecule has 0 aliphatic rings. The number of thiazole rings is 1. The minimum atomic E-state index is -3.80. The average Bonchev–Trinajstić information content (AvgIpc) is 3.39. The minimum Gasteiger partial charge on any atom is -0.476 e. The van der Waals surface area contributed by atoms with Crippen molar-refractivity contribution in [2.24, 2.45) is 5.14 Å². The van der Waals surface area contributed by atoms with Crippen LogP contribution >= 0.6 is 11.3 Å². The molecule has 0 aliphatic carbocycles. The first-order valence-corrected chi connectivity index (χ1v) is 12.3. The maximum atomic E-state index is 13.5. The molecule has 0 amide bonds. The summed E-state index contributed by atoms with van der Waals surface area (Å²) in [6.45, 7) is 1.95. The van der Waals surface area contributed by atoms with Crippen LogP contribution in [0.5, 0.6) is 0 Å². The number of nitrogens with two attached hydrogens (primary N) is 1. The number of sulfonamides is 1. The van der Waals surface area contributed by atoms with Gasteiger partial charge in [0.05, 0.1) is 16.3 Å². The van der Waals surface area contributed by atoms with Gasteiger partial charge < -0.3 is 5.11 Å². The molecule has 2 heterocycles. The summed E-state index contributed by atoms with van der Waals surface area (Å²) in [4.78, 5) is 15.5. The van der Waals surface area contributed by atoms with E-state index in [1.165, 1.54) is 29.6 Å². The van der Waals surface area contributed by atoms with Gasteiger partial charge in [0, 0.05) is 22.9 Å². The van der Waals surface area contributed by atoms with E-state index in [9.17, 15) is 22.7 Å². The molecule has 0 atom stereocenters. The van der Waals surface area contributed by atoms with Crippen molar-refractivity contribution >= 4 is 27.3 Å². The zero-order chi connectivity index (χ0) is 23.8. The highest BCUT2D eigenvalue weighted by Gasteiger charge is 2.22. The van der Waals surface area contributed by atoms with Gasteiger partial charge in [-0.05, 0) is 48.4 Å². The van der Waals surface area contributed by atoms with Gasteiger partial charge in [-0.2, -0.15) is 5.10 Å². The fraction of sp³-hybridized carbons (Fsp3) is 0.136. The van der Waals surface area contributed by atoms with E-state index in [4.69, 9.17) is 10.2 Å². The predicted octanol–water partition coefficient (Wildman–Crippen LogP) is 3.63. The molecule has 0 spiro atoms. The van der Waals surface area contributed by atoms with E-state index in [1.807, 2.05) is 6.92 Å². The van der Waals surface area contributed by atoms with Crippen LogP contribution in [0.15, 0.2) is 58.8 Å². The molecule has 0 fully saturated rings. The lowest BCUT2D eigenvalue weighted by Crippen LogP contribution is -2.11. The second-order valence-electron chi connectivity index (χ2n) is 7.23. The third-order valence-corrected chi connectivity index (χ3v) is 6.81. The number of hydrogen-bond donors (Lipinski definition) is 2. The smallest absolute Gasteiger partial charge is 0.355 e. The highest BCUT2D eigenvalue weighted by molar-refractivity contribution is 7.89. The molecule has 0 saturated heterocycles. The van der Waals surface area contributed by atoms with Crippen molar-refractivity contribution in [3.05, 3.63) is 82.2 Å². The Morgan fingerprint density at radius 3 is 2.36 bits per heavy atom. The SMILES string of the molecule is CCc1c(Cc2ccc(S(N)(=O)=O)cc2)c(-c2ccc(F)cc2)nn1-c1nc(C(=O)O)cs1. The highest BCUT2D eigenvalue weighted by atomic mass is 32.2. The van der Waals surface area contributed by atoms with Crippen LogP contribution in [0.1, 0.15) is 34.2 Å². The van der Waals surface area contributed by atoms with Gasteiger partial charge in [-0.15, -0.1) is 11.3 Å². The van der Waals surface area contributed by atoms with Crippen molar-refractivity contribution in [3.8, 4) is 16.4 Å². The van der Waals surface area contributed by atoms with Crippen LogP contribution in [0.4, 0.5) is 4.39 Å². The van der Waals surface area contributed by atoms with Gasteiger partial charge in [0.15, 0.2) is 5.69 Å². The van der Waals surface area contributed by atoms with Crippen LogP contribution in [0.3, 0.4) is 0 Å². The van der Waals surface area contributed by atoms with Crippen molar-refractivity contribution in [1.29, 1.82) is 0 Å². The number of benzene rings is 2. The first-order valence-electron chi connectivity index (χ1n) is 9.85. The number of nitrogens with zero attached hydrogens (tertiary/aromatic N) is 3. The van der Waals surface area contributed by atoms with Crippen LogP contribution in [0.2, 0.25) is 0 Å². The van der Waals surface area contributed by atoms with E-state index in [0.29, 0.717) is 29.2 Å². The topological polar surface area (TPSA) is 128 Å². The molecule has 0 unspecified atom stereocenters. The van der Waals surface area contributed by atoms with Crippen LogP contribution in [0.25, 0.3) is 16.4 Å². The van der Waals surface area contributed by atoms with E-state index in [-0.39, 0.29) is 16.4 Å². The van der Waals surface area contributed by atoms with Crippen LogP contribution < -0.4 is 5.14 Å². The summed E-state index contributed by atoms with van der Waals surface area (Å²) in [7, 11) is -3.80. The van der Waals surface area contributed by atoms with Crippen LogP contribution in [-0.2, 0) is 22.9 Å². The van der Waals surface area contributed by atoms with E-state index in [0.717, 1.165) is 28.2 Å². The van der Waals surface area contributed by atoms with Crippen molar-refractivity contribution in [3.63, 3.8) is 0 Å². The number of carboxylic acids is 1. The molecule has 3 N–H and O–H groups in total. The molecule has 0 saturated carbocycles. The molecule has 8 nitrogen and oxygen atoms in total. The summed E-state index contributed by atoms with van der Waals surface area (Å²) >= 11 is 1.16. The molecule has 2 aromatic carbocycles. The standard InChI is InChI=1S/C22H19FN4O4S2/c1-2-19-17(11-13-3-9-16(10-4-13)33(24,30)31)20(14-5-7-15(23)8-6-14)26-27(19)22-25-18(12-32-22)21(28)29/h3-10,12H,2,11H2,1H3,(H,28,29)(H2,24,30,31). The predicted molar refractivity (Wildman–Crippen MR) is 122 cm³/mol. The van der Waals surface area contributed by atoms with Gasteiger partial charge >= 0.3 is 5.97 Å². The summed E-state index contributed by atoms with van der Waals surface area (Å²) in [5, 5.41) is 21.0. The number of carboxylic acid groups (broad SMARTS) is 1. The molecule has 11 heteroatoms. The molecule has 33 heavy (non-hydrogen) atoms. The Balaban J connectivity index is 1.85. The second kappa shape index (κ2) is 8.85. The fourth-order valence-corrected chi connectivity index (χ4v) is 4.78. The zero-order valence-electron chi connectivity index (χ0n) is 17.4. The summed E-state index contributed by atoms with van der Waals surface area (Å²) < 4.78 is 38.3. The second-order valence-corrected chi connectivity index (χ2v) is 9.63. The van der Waals surface area contributed by atoms with Crippen LogP contribution in [-0.4, -0.2) is 34.3 Å². The number of primary sulfonamides is 1. The number of hydrogen-bond acceptors (Lipinski definition) is 6. The Hall–Kier alpha value is -3.41. The van der Waals surface area contributed by atoms with Crippen molar-refractivity contribution in [2.45, 2.75) is 24.7 Å². The molecule has 4 aromatic rings. The van der Waals surface area contributed by atoms with Crippen molar-refractivity contribution in [1.82, 2.24) is 14.8 Å². The normalized spacial score (nSPS) is 11.6. The molecular formula is C22H19FN4O4S2. The lowest BCUT2D eigenvalue weighted by molar-refractivity contribution is 0.0691. The summed E-state index contributed by atoms with van der Waals surface area (Å²) in [6.07, 6.45) is 0.985. The first kappa shape index (κ1) is 22.8. The van der Waals surface area contributed by atoms with Gasteiger partial charge in [0.2, 0.25) is 15.2 Å². The molecule has 4 rings (SSSR count). The first-order chi connectivity index (χ1) is 15.7. The summed E-state index contributed by atoms with van der Waals surface area (Å²) in [5.74, 6) is -1.50. The Morgan fingerprint density at radius 2 is 1.82 bits per heavy atom. The number of carbonyl (C=O) groups is 1. The fourth-order valence-electron chi connectivity index (χ4n) is 3.49. The number of halogens is 1. The highest BCUT2D eigenvalue weighted by Crippen LogP contribution is 2.31. The van der Waals surface area contributed by atoms with Gasteiger partial charge in [-0.25, -0.2) is 32.4 Å². The van der Waals surface area contributed by atoms with E-state index in [2.05, 4.69) is 4.98 Å². The molecule has 0 radical (unpaired) electrons. The Kier molecular flexibility index (Phi) is 6.11. The van der Waals surface area contributed by atoms with E-state index in [1.54, 1.807) is 28.9 Å². The van der Waals surface area contributed by atoms with Crippen molar-refractivity contribution < 1.29 is 22.7 Å². The Labute approximate surface area is 193 Å². The van der Waals surface area contributed by atoms with E-state index >= 15 is 0 Å². The third-order valence-electron chi connectivity index (χ3n) is 5.07. The monoisotopic (exact) mass is 486 g/mol. The quantitative estimate of drug-likeness (QED) is 0.410. The van der Waals surface area contributed by atoms with Gasteiger partial charge in [0.25, 0.3) is 0 Å². The summed E-state index contributed by atoms with van der Waals surface area (Å²) in [6, 6.07) is 12.2. The molecular weight excluding hydrogens is 467 g/mol. The third kappa shape index (κ3) is 4.70. The molecule has 0 aliphatic heterocycles. The van der Waals surface area contributed by atoms with Crippen LogP contribution in [0, 0.1) is 5.82 Å². The van der Waals surface area contributed by atoms with E-state index < -0.39 is 16.0 Å². The molecule has 170 valence electrons. The maximum Gasteiger partial charge on any atom is 0.355 e. The zero-order valence-corrected chi connectivity index (χ0v) is 19.0. The Bertz CT molecular complexity index is 1430. The molecule has 0 bridgehead atoms. The van der Waals surface area contributed by atoms with Gasteiger partial charge in [-0.3, -0.25) is 0 Å². The average molecular weight is 487 g/mol. The number of aromatic carboxylic acids is 1. The molecule has 2 aromatic heterocycles. The van der Waals surface area contributed by atoms with Crippen molar-refractivity contribution in [2.75, 3.05) is 0 Å². The van der Waals surface area contributed by atoms with Gasteiger partial charge in [-0.1, -0.05) is 19.1 Å². The largest absolute Gasteiger partial charge is 0.476 e. The maximum absolute atomic E-state index is 13.5. The Morgan fingerprint density at radius 1 is 1.15 bits per heavy atom. The summed E-state index contributed by atoms with van der Waals surface area (Å²) in [5.41, 5.74) is 3.71. The number of rotatable bonds is 7. The van der Waals surface area contributed by atoms with Gasteiger partial charge in [0.1, 0.15) is 5.82 Å². The minimum absolute atomic E-state index is 0.0143. The lowest BCUT2D eigenvalue weighted by Gasteiger charge is -2.08. The lowest BCUT2D eigenvalue weighted by atomic mass is 9.98.